The molecule has 2 aliphatic rings. The third kappa shape index (κ3) is 16.2. The topological polar surface area (TPSA) is 249 Å². The van der Waals surface area contributed by atoms with Gasteiger partial charge in [0.2, 0.25) is 16.3 Å². The van der Waals surface area contributed by atoms with Gasteiger partial charge in [0.1, 0.15) is 39.4 Å². The van der Waals surface area contributed by atoms with Crippen molar-refractivity contribution in [1.29, 1.82) is 0 Å². The van der Waals surface area contributed by atoms with E-state index in [0.29, 0.717) is 80.3 Å². The van der Waals surface area contributed by atoms with E-state index in [0.717, 1.165) is 77.9 Å². The van der Waals surface area contributed by atoms with E-state index < -0.39 is 22.8 Å². The monoisotopic (exact) mass is 1350 g/mol. The van der Waals surface area contributed by atoms with Crippen LogP contribution in [0.15, 0.2) is 154 Å². The van der Waals surface area contributed by atoms with Gasteiger partial charge in [-0.2, -0.15) is 0 Å². The molecule has 13 rings (SSSR count). The van der Waals surface area contributed by atoms with Gasteiger partial charge < -0.3 is 33.5 Å². The average molecular weight is 1350 g/mol. The van der Waals surface area contributed by atoms with Crippen LogP contribution in [0.3, 0.4) is 0 Å². The fourth-order valence-corrected chi connectivity index (χ4v) is 13.0. The van der Waals surface area contributed by atoms with Crippen LogP contribution in [-0.2, 0) is 78.8 Å². The first-order valence-electron chi connectivity index (χ1n) is 34.4. The minimum absolute atomic E-state index is 0.0136. The summed E-state index contributed by atoms with van der Waals surface area (Å²) in [5.74, 6) is -0.757. The number of carbonyl (C=O) groups is 4. The van der Waals surface area contributed by atoms with Crippen molar-refractivity contribution in [3.63, 3.8) is 0 Å². The highest BCUT2D eigenvalue weighted by atomic mass is 16.5. The van der Waals surface area contributed by atoms with Crippen molar-refractivity contribution in [2.24, 2.45) is 11.8 Å². The Balaban J connectivity index is 0.000000145. The second-order valence-corrected chi connectivity index (χ2v) is 26.1. The summed E-state index contributed by atoms with van der Waals surface area (Å²) in [4.78, 5) is 120. The van der Waals surface area contributed by atoms with E-state index in [4.69, 9.17) is 9.47 Å². The molecule has 0 saturated carbocycles. The third-order valence-electron chi connectivity index (χ3n) is 18.7. The predicted octanol–water partition coefficient (Wildman–Crippen LogP) is 12.8. The van der Waals surface area contributed by atoms with Gasteiger partial charge in [0, 0.05) is 104 Å². The number of aromatic nitrogens is 8. The van der Waals surface area contributed by atoms with E-state index in [1.165, 1.54) is 40.2 Å². The number of H-pyrrole nitrogens is 1. The van der Waals surface area contributed by atoms with E-state index >= 15 is 0 Å². The van der Waals surface area contributed by atoms with Crippen molar-refractivity contribution in [3.8, 4) is 0 Å². The molecule has 19 heteroatoms. The first kappa shape index (κ1) is 71.9. The van der Waals surface area contributed by atoms with Crippen molar-refractivity contribution in [2.45, 2.75) is 154 Å². The molecule has 0 fully saturated rings. The van der Waals surface area contributed by atoms with Gasteiger partial charge in [0.25, 0.3) is 0 Å². The van der Waals surface area contributed by atoms with Gasteiger partial charge in [0.05, 0.1) is 46.8 Å². The Bertz CT molecular complexity index is 5140. The molecule has 2 N–H and O–H groups in total. The molecule has 11 aromatic rings. The quantitative estimate of drug-likeness (QED) is 0.0635. The lowest BCUT2D eigenvalue weighted by atomic mass is 9.96. The first-order valence-corrected chi connectivity index (χ1v) is 34.4. The summed E-state index contributed by atoms with van der Waals surface area (Å²) < 4.78 is 15.5. The molecular weight excluding hydrogens is 1260 g/mol. The maximum absolute atomic E-state index is 12.9. The second kappa shape index (κ2) is 31.8. The first-order chi connectivity index (χ1) is 48.0. The molecule has 0 saturated heterocycles. The summed E-state index contributed by atoms with van der Waals surface area (Å²) in [5.41, 5.74) is 16.7. The molecular formula is C81H87N9O10. The van der Waals surface area contributed by atoms with E-state index in [1.807, 2.05) is 110 Å². The van der Waals surface area contributed by atoms with E-state index in [9.17, 15) is 38.4 Å². The summed E-state index contributed by atoms with van der Waals surface area (Å²) in [6.07, 6.45) is 17.2. The van der Waals surface area contributed by atoms with Crippen LogP contribution < -0.4 is 27.0 Å². The maximum Gasteiger partial charge on any atom is 0.343 e. The normalized spacial score (nSPS) is 12.5. The van der Waals surface area contributed by atoms with Gasteiger partial charge in [-0.05, 0) is 200 Å². The van der Waals surface area contributed by atoms with Gasteiger partial charge in [-0.15, -0.1) is 0 Å². The molecule has 19 nitrogen and oxygen atoms in total. The van der Waals surface area contributed by atoms with Crippen molar-refractivity contribution >= 4 is 73.3 Å². The number of benzene rings is 3. The Labute approximate surface area is 580 Å². The number of hydrogen-bond donors (Lipinski definition) is 2. The van der Waals surface area contributed by atoms with Crippen molar-refractivity contribution in [3.05, 3.63) is 259 Å². The Morgan fingerprint density at radius 1 is 0.550 bits per heavy atom. The van der Waals surface area contributed by atoms with E-state index in [1.54, 1.807) is 53.7 Å². The standard InChI is InChI=1S/C24H26N2O4.C20H21N3O.C19H18N2O.C18H22N2O4/c1-6-26-13-20(24(29)30-7-2)22(28)19-10-17(12-25-23(19)26)11-21(27)18-8-14(3)16(5)15(4)9-18;1-3-23-12-13(2)19(24)18-10-17(11-21-20(18)23)22-16-8-14-6-4-5-7-15(14)9-16;1-12-11-20-17-7-6-16(21-18(17)19(12)22)10-13-8-14-4-2-3-5-15(14)9-13;1-5-20-10-14(18(23)24-6-2)16(22)13-7-12(9-19-17(13)20)8-15(21)11(3)4/h8-10,12-13H,6-7,11H2,1-5H3;4-7,10-12,16,22H,3,8-9H2,1-2H3;2-7,11,13H,8-10H2,1H3,(H,20,22);7,9-11H,5-6,8H2,1-4H3. The Morgan fingerprint density at radius 2 is 1.03 bits per heavy atom. The Morgan fingerprint density at radius 3 is 1.53 bits per heavy atom. The predicted molar refractivity (Wildman–Crippen MR) is 393 cm³/mol. The molecule has 0 bridgehead atoms. The molecule has 2 aliphatic carbocycles. The molecule has 0 radical (unpaired) electrons. The van der Waals surface area contributed by atoms with Crippen LogP contribution in [0.25, 0.3) is 44.1 Å². The van der Waals surface area contributed by atoms with Crippen LogP contribution in [0.1, 0.15) is 146 Å². The molecule has 0 spiro atoms. The van der Waals surface area contributed by atoms with Crippen LogP contribution in [-0.4, -0.2) is 81.4 Å². The van der Waals surface area contributed by atoms with Crippen LogP contribution >= 0.6 is 0 Å². The number of fused-ring (bicyclic) bond motifs is 6. The largest absolute Gasteiger partial charge is 0.462 e. The number of hydrogen-bond acceptors (Lipinski definition) is 15. The van der Waals surface area contributed by atoms with Crippen LogP contribution in [0, 0.1) is 46.5 Å². The average Bonchev–Trinajstić information content (AvgIpc) is 1.59. The molecule has 3 aromatic carbocycles. The number of nitrogens with one attached hydrogen (secondary N) is 2. The Kier molecular flexibility index (Phi) is 22.9. The number of ketones is 2. The number of anilines is 1. The molecule has 516 valence electrons. The lowest BCUT2D eigenvalue weighted by Crippen LogP contribution is -2.21. The minimum atomic E-state index is -0.654. The van der Waals surface area contributed by atoms with Crippen LogP contribution in [0.5, 0.6) is 0 Å². The molecule has 0 amide bonds. The fraction of sp³-hybridized carbons (Fsp3) is 0.333. The summed E-state index contributed by atoms with van der Waals surface area (Å²) in [6.45, 7) is 24.9. The highest BCUT2D eigenvalue weighted by Crippen LogP contribution is 2.30. The third-order valence-corrected chi connectivity index (χ3v) is 18.7. The maximum atomic E-state index is 12.9. The molecule has 8 aromatic heterocycles. The summed E-state index contributed by atoms with van der Waals surface area (Å²) in [6, 6.07) is 30.6. The zero-order valence-electron chi connectivity index (χ0n) is 59.1. The van der Waals surface area contributed by atoms with E-state index in [-0.39, 0.29) is 65.5 Å². The highest BCUT2D eigenvalue weighted by Gasteiger charge is 2.25. The van der Waals surface area contributed by atoms with Crippen LogP contribution in [0.2, 0.25) is 0 Å². The van der Waals surface area contributed by atoms with Gasteiger partial charge in [-0.3, -0.25) is 28.8 Å². The number of rotatable bonds is 17. The molecule has 100 heavy (non-hydrogen) atoms. The summed E-state index contributed by atoms with van der Waals surface area (Å²) in [7, 11) is 0. The van der Waals surface area contributed by atoms with Gasteiger partial charge in [-0.1, -0.05) is 62.4 Å². The lowest BCUT2D eigenvalue weighted by Gasteiger charge is -2.15. The smallest absolute Gasteiger partial charge is 0.343 e. The van der Waals surface area contributed by atoms with Crippen LogP contribution in [0.4, 0.5) is 5.69 Å². The molecule has 8 heterocycles. The van der Waals surface area contributed by atoms with Crippen molar-refractivity contribution in [1.82, 2.24) is 38.6 Å². The highest BCUT2D eigenvalue weighted by molar-refractivity contribution is 5.99. The number of aryl methyl sites for hydroxylation is 7. The number of aromatic amines is 1. The number of Topliss-reactive ketones (excluding diaryl/α,β-unsaturated/α-hetero) is 2. The van der Waals surface area contributed by atoms with Crippen molar-refractivity contribution in [2.75, 3.05) is 18.5 Å². The van der Waals surface area contributed by atoms with Gasteiger partial charge in [0.15, 0.2) is 11.2 Å². The zero-order valence-corrected chi connectivity index (χ0v) is 59.1. The number of pyridine rings is 8. The van der Waals surface area contributed by atoms with Crippen molar-refractivity contribution < 1.29 is 28.7 Å². The number of nitrogens with zero attached hydrogens (tertiary/aromatic N) is 7. The fourth-order valence-electron chi connectivity index (χ4n) is 13.0. The zero-order chi connectivity index (χ0) is 71.6. The van der Waals surface area contributed by atoms with E-state index in [2.05, 4.69) is 85.7 Å². The molecule has 0 unspecified atom stereocenters. The second-order valence-electron chi connectivity index (χ2n) is 26.1. The minimum Gasteiger partial charge on any atom is -0.462 e. The lowest BCUT2D eigenvalue weighted by molar-refractivity contribution is -0.121. The number of esters is 2. The summed E-state index contributed by atoms with van der Waals surface area (Å²) in [5, 5.41) is 4.88. The Hall–Kier alpha value is -10.8. The number of ether oxygens (including phenoxy) is 2. The SMILES string of the molecule is CCOC(=O)c1cn(CC)c2ncc(CC(=O)C(C)C)cc2c1=O.CCOC(=O)c1cn(CC)c2ncc(CC(=O)c3cc(C)c(C)c(C)c3)cc2c1=O.CCn1cc(C)c(=O)c2cc(NC3Cc4ccccc4C3)cnc21.Cc1c[nH]c2ccc(CC3Cc4ccccc4C3)nc2c1=O. The molecule has 0 atom stereocenters. The molecule has 0 aliphatic heterocycles. The van der Waals surface area contributed by atoms with Gasteiger partial charge in [-0.25, -0.2) is 29.5 Å². The number of carbonyl (C=O) groups excluding carboxylic acids is 4. The van der Waals surface area contributed by atoms with Gasteiger partial charge >= 0.3 is 11.9 Å². The summed E-state index contributed by atoms with van der Waals surface area (Å²) >= 11 is 0.